The largest absolute Gasteiger partial charge is 0.495 e. The average Bonchev–Trinajstić information content (AvgIpc) is 3.38. The highest BCUT2D eigenvalue weighted by Crippen LogP contribution is 2.32. The van der Waals surface area contributed by atoms with Crippen molar-refractivity contribution in [3.8, 4) is 11.4 Å². The Kier molecular flexibility index (Phi) is 6.29. The predicted molar refractivity (Wildman–Crippen MR) is 126 cm³/mol. The number of benzene rings is 1. The summed E-state index contributed by atoms with van der Waals surface area (Å²) in [6.45, 7) is 2.15. The van der Waals surface area contributed by atoms with Gasteiger partial charge >= 0.3 is 0 Å². The van der Waals surface area contributed by atoms with E-state index in [9.17, 15) is 4.79 Å². The van der Waals surface area contributed by atoms with Crippen LogP contribution in [0, 0.1) is 5.41 Å². The lowest BCUT2D eigenvalue weighted by atomic mass is 10.1. The van der Waals surface area contributed by atoms with Crippen LogP contribution >= 0.6 is 23.4 Å². The number of thioether (sulfide) groups is 1. The second-order valence-corrected chi connectivity index (χ2v) is 8.57. The molecule has 0 atom stereocenters. The van der Waals surface area contributed by atoms with E-state index in [1.807, 2.05) is 22.9 Å². The van der Waals surface area contributed by atoms with Gasteiger partial charge in [0.1, 0.15) is 10.8 Å². The normalized spacial score (nSPS) is 17.1. The number of fused-ring (bicyclic) bond motifs is 1. The molecule has 9 heteroatoms. The molecule has 1 aromatic heterocycles. The number of hydrogen-bond acceptors (Lipinski definition) is 5. The molecular formula is C22H22ClN5O2S. The van der Waals surface area contributed by atoms with Crippen molar-refractivity contribution in [2.45, 2.75) is 32.6 Å². The standard InChI is InChI=1S/C22H22ClN5O2S/c1-3-4-5-8-19-26-28-20(24)16(21(29)25-22(28)31-19)13-15-7-6-11-27(15)17-12-14(23)9-10-18(17)30-2/h6-7,9-13,24H,3-5,8H2,1-2H3/b16-13-,24-20?. The number of carbonyl (C=O) groups excluding carboxylic acids is 1. The van der Waals surface area contributed by atoms with Gasteiger partial charge < -0.3 is 9.30 Å². The van der Waals surface area contributed by atoms with Crippen LogP contribution in [-0.4, -0.2) is 38.6 Å². The van der Waals surface area contributed by atoms with Crippen LogP contribution in [0.2, 0.25) is 5.02 Å². The highest BCUT2D eigenvalue weighted by Gasteiger charge is 2.35. The van der Waals surface area contributed by atoms with Crippen molar-refractivity contribution in [1.29, 1.82) is 5.41 Å². The van der Waals surface area contributed by atoms with Crippen molar-refractivity contribution in [3.63, 3.8) is 0 Å². The van der Waals surface area contributed by atoms with Crippen molar-refractivity contribution < 1.29 is 9.53 Å². The van der Waals surface area contributed by atoms with E-state index in [0.29, 0.717) is 21.6 Å². The minimum atomic E-state index is -0.445. The number of nitrogens with one attached hydrogen (secondary N) is 1. The van der Waals surface area contributed by atoms with Crippen LogP contribution in [0.15, 0.2) is 52.2 Å². The first kappa shape index (κ1) is 21.4. The van der Waals surface area contributed by atoms with Gasteiger partial charge in [-0.15, -0.1) is 0 Å². The monoisotopic (exact) mass is 455 g/mol. The zero-order valence-electron chi connectivity index (χ0n) is 17.3. The van der Waals surface area contributed by atoms with Gasteiger partial charge in [0.25, 0.3) is 5.91 Å². The van der Waals surface area contributed by atoms with E-state index in [0.717, 1.165) is 36.4 Å². The van der Waals surface area contributed by atoms with Gasteiger partial charge in [-0.05, 0) is 61.0 Å². The summed E-state index contributed by atoms with van der Waals surface area (Å²) in [5.74, 6) is 0.223. The first-order chi connectivity index (χ1) is 15.0. The fourth-order valence-electron chi connectivity index (χ4n) is 3.39. The van der Waals surface area contributed by atoms with E-state index < -0.39 is 5.91 Å². The number of halogens is 1. The van der Waals surface area contributed by atoms with E-state index in [1.54, 1.807) is 31.4 Å². The molecule has 2 aliphatic rings. The van der Waals surface area contributed by atoms with Gasteiger partial charge in [-0.1, -0.05) is 31.4 Å². The Labute approximate surface area is 189 Å². The average molecular weight is 456 g/mol. The van der Waals surface area contributed by atoms with Crippen molar-refractivity contribution in [1.82, 2.24) is 9.58 Å². The van der Waals surface area contributed by atoms with Crippen LogP contribution in [0.4, 0.5) is 0 Å². The number of ether oxygens (including phenoxy) is 1. The molecule has 0 saturated heterocycles. The Morgan fingerprint density at radius 1 is 1.29 bits per heavy atom. The fourth-order valence-corrected chi connectivity index (χ4v) is 4.48. The molecule has 3 heterocycles. The highest BCUT2D eigenvalue weighted by molar-refractivity contribution is 8.26. The summed E-state index contributed by atoms with van der Waals surface area (Å²) in [6.07, 6.45) is 7.61. The Balaban J connectivity index is 1.66. The van der Waals surface area contributed by atoms with Crippen LogP contribution in [0.5, 0.6) is 5.75 Å². The van der Waals surface area contributed by atoms with Crippen molar-refractivity contribution in [2.24, 2.45) is 10.1 Å². The summed E-state index contributed by atoms with van der Waals surface area (Å²) in [4.78, 5) is 16.9. The Morgan fingerprint density at radius 3 is 2.90 bits per heavy atom. The Morgan fingerprint density at radius 2 is 2.13 bits per heavy atom. The molecule has 0 spiro atoms. The molecule has 0 bridgehead atoms. The number of carbonyl (C=O) groups is 1. The second-order valence-electron chi connectivity index (χ2n) is 7.09. The number of methoxy groups -OCH3 is 1. The van der Waals surface area contributed by atoms with E-state index in [2.05, 4.69) is 17.0 Å². The van der Waals surface area contributed by atoms with E-state index in [4.69, 9.17) is 21.7 Å². The first-order valence-electron chi connectivity index (χ1n) is 10.0. The number of nitrogens with zero attached hydrogens (tertiary/aromatic N) is 4. The number of unbranched alkanes of at least 4 members (excludes halogenated alkanes) is 2. The molecule has 160 valence electrons. The third kappa shape index (κ3) is 4.31. The number of amidine groups is 2. The molecule has 0 radical (unpaired) electrons. The Bertz CT molecular complexity index is 1130. The minimum Gasteiger partial charge on any atom is -0.495 e. The summed E-state index contributed by atoms with van der Waals surface area (Å²) in [7, 11) is 1.59. The van der Waals surface area contributed by atoms with Gasteiger partial charge in [-0.25, -0.2) is 0 Å². The zero-order chi connectivity index (χ0) is 22.0. The quantitative estimate of drug-likeness (QED) is 0.451. The van der Waals surface area contributed by atoms with Gasteiger partial charge in [-0.2, -0.15) is 15.1 Å². The summed E-state index contributed by atoms with van der Waals surface area (Å²) >= 11 is 7.56. The minimum absolute atomic E-state index is 0.0267. The molecular weight excluding hydrogens is 434 g/mol. The molecule has 0 unspecified atom stereocenters. The van der Waals surface area contributed by atoms with Crippen LogP contribution in [-0.2, 0) is 4.79 Å². The van der Waals surface area contributed by atoms with Gasteiger partial charge in [0, 0.05) is 16.9 Å². The second kappa shape index (κ2) is 9.11. The third-order valence-electron chi connectivity index (χ3n) is 4.96. The highest BCUT2D eigenvalue weighted by atomic mass is 35.5. The van der Waals surface area contributed by atoms with Crippen molar-refractivity contribution in [3.05, 3.63) is 52.8 Å². The van der Waals surface area contributed by atoms with Crippen LogP contribution in [0.25, 0.3) is 11.8 Å². The number of rotatable bonds is 7. The van der Waals surface area contributed by atoms with Gasteiger partial charge in [0.2, 0.25) is 5.17 Å². The lowest BCUT2D eigenvalue weighted by Gasteiger charge is -2.20. The summed E-state index contributed by atoms with van der Waals surface area (Å²) in [5.41, 5.74) is 1.62. The molecule has 1 amide bonds. The molecule has 2 aromatic rings. The predicted octanol–water partition coefficient (Wildman–Crippen LogP) is 5.34. The third-order valence-corrected chi connectivity index (χ3v) is 6.17. The number of hydrogen-bond donors (Lipinski definition) is 1. The SMILES string of the molecule is CCCCCC1=NN2C(=N)/C(=C/c3cccn3-c3cc(Cl)ccc3OC)C(=O)N=C2S1. The van der Waals surface area contributed by atoms with Gasteiger partial charge in [0.05, 0.1) is 18.4 Å². The fraction of sp³-hybridized carbons (Fsp3) is 0.273. The van der Waals surface area contributed by atoms with Gasteiger partial charge in [-0.3, -0.25) is 10.2 Å². The maximum atomic E-state index is 12.7. The number of amides is 1. The number of hydrazone groups is 1. The summed E-state index contributed by atoms with van der Waals surface area (Å²) < 4.78 is 7.32. The smallest absolute Gasteiger partial charge is 0.283 e. The topological polar surface area (TPSA) is 83.0 Å². The van der Waals surface area contributed by atoms with Crippen LogP contribution in [0.1, 0.15) is 38.3 Å². The van der Waals surface area contributed by atoms with E-state index in [-0.39, 0.29) is 11.4 Å². The molecule has 4 rings (SSSR count). The first-order valence-corrected chi connectivity index (χ1v) is 11.2. The molecule has 1 N–H and O–H groups in total. The van der Waals surface area contributed by atoms with Crippen LogP contribution < -0.4 is 4.74 Å². The molecule has 31 heavy (non-hydrogen) atoms. The maximum absolute atomic E-state index is 12.7. The summed E-state index contributed by atoms with van der Waals surface area (Å²) in [5, 5.41) is 16.4. The van der Waals surface area contributed by atoms with Crippen LogP contribution in [0.3, 0.4) is 0 Å². The lowest BCUT2D eigenvalue weighted by molar-refractivity contribution is -0.114. The van der Waals surface area contributed by atoms with Crippen molar-refractivity contribution >= 4 is 51.4 Å². The Hall–Kier alpha value is -2.84. The zero-order valence-corrected chi connectivity index (χ0v) is 18.8. The van der Waals surface area contributed by atoms with Crippen molar-refractivity contribution in [2.75, 3.05) is 7.11 Å². The maximum Gasteiger partial charge on any atom is 0.283 e. The lowest BCUT2D eigenvalue weighted by Crippen LogP contribution is -2.35. The van der Waals surface area contributed by atoms with E-state index >= 15 is 0 Å². The molecule has 0 fully saturated rings. The summed E-state index contributed by atoms with van der Waals surface area (Å²) in [6, 6.07) is 9.04. The molecule has 0 aliphatic carbocycles. The van der Waals surface area contributed by atoms with E-state index in [1.165, 1.54) is 16.8 Å². The molecule has 2 aliphatic heterocycles. The molecule has 1 aromatic carbocycles. The molecule has 7 nitrogen and oxygen atoms in total. The molecule has 0 saturated carbocycles. The number of aliphatic imine (C=N–C) groups is 1. The van der Waals surface area contributed by atoms with Gasteiger partial charge in [0.15, 0.2) is 5.84 Å². The number of aromatic nitrogens is 1.